The highest BCUT2D eigenvalue weighted by atomic mass is 79.9. The molecule has 3 heterocycles. The zero-order valence-corrected chi connectivity index (χ0v) is 16.8. The Bertz CT molecular complexity index is 674. The summed E-state index contributed by atoms with van der Waals surface area (Å²) in [7, 11) is -1.05. The van der Waals surface area contributed by atoms with E-state index in [1.807, 2.05) is 6.20 Å². The number of halogens is 1. The van der Waals surface area contributed by atoms with Gasteiger partial charge in [-0.3, -0.25) is 4.98 Å². The molecule has 3 rings (SSSR count). The number of fused-ring (bicyclic) bond motifs is 1. The molecule has 0 aliphatic carbocycles. The summed E-state index contributed by atoms with van der Waals surface area (Å²) in [6, 6.07) is 5.98. The number of hydrogen-bond donors (Lipinski definition) is 1. The van der Waals surface area contributed by atoms with Crippen LogP contribution in [0.1, 0.15) is 24.6 Å². The van der Waals surface area contributed by atoms with E-state index in [9.17, 15) is 0 Å². The lowest BCUT2D eigenvalue weighted by atomic mass is 10.1. The Kier molecular flexibility index (Phi) is 5.25. The molecule has 1 atom stereocenters. The molecule has 1 N–H and O–H groups in total. The Balaban J connectivity index is 1.83. The van der Waals surface area contributed by atoms with Gasteiger partial charge in [-0.1, -0.05) is 19.6 Å². The molecule has 2 aromatic rings. The Hall–Kier alpha value is -0.693. The molecule has 0 radical (unpaired) electrons. The molecule has 1 aliphatic rings. The molecule has 0 amide bonds. The van der Waals surface area contributed by atoms with Crippen LogP contribution < -0.4 is 5.32 Å². The van der Waals surface area contributed by atoms with Crippen molar-refractivity contribution in [1.82, 2.24) is 14.9 Å². The van der Waals surface area contributed by atoms with Crippen LogP contribution in [0.15, 0.2) is 22.8 Å². The third-order valence-corrected chi connectivity index (χ3v) is 6.52. The van der Waals surface area contributed by atoms with Crippen molar-refractivity contribution >= 4 is 35.0 Å². The standard InChI is InChI=1S/C17H26BrN3OSi/c1-23(2,3)8-7-22-12-21-16-9-13(18)11-20-15(16)10-17(21)14-5-4-6-19-14/h9-11,14,19H,4-8,12H2,1-3H3/t14-/m1/s1. The molecule has 6 heteroatoms. The number of pyridine rings is 1. The fourth-order valence-electron chi connectivity index (χ4n) is 3.03. The van der Waals surface area contributed by atoms with Crippen molar-refractivity contribution in [3.05, 3.63) is 28.5 Å². The number of nitrogens with one attached hydrogen (secondary N) is 1. The van der Waals surface area contributed by atoms with Gasteiger partial charge in [0, 0.05) is 37.1 Å². The van der Waals surface area contributed by atoms with Gasteiger partial charge in [-0.15, -0.1) is 0 Å². The highest BCUT2D eigenvalue weighted by Gasteiger charge is 2.22. The number of nitrogens with zero attached hydrogens (tertiary/aromatic N) is 2. The Labute approximate surface area is 147 Å². The molecule has 0 saturated carbocycles. The lowest BCUT2D eigenvalue weighted by Crippen LogP contribution is -2.22. The summed E-state index contributed by atoms with van der Waals surface area (Å²) in [5.41, 5.74) is 3.50. The lowest BCUT2D eigenvalue weighted by molar-refractivity contribution is 0.0875. The minimum atomic E-state index is -1.05. The quantitative estimate of drug-likeness (QED) is 0.576. The summed E-state index contributed by atoms with van der Waals surface area (Å²) in [5.74, 6) is 0. The van der Waals surface area contributed by atoms with Gasteiger partial charge >= 0.3 is 0 Å². The summed E-state index contributed by atoms with van der Waals surface area (Å²) in [5, 5.41) is 3.59. The van der Waals surface area contributed by atoms with E-state index in [2.05, 4.69) is 62.6 Å². The molecule has 4 nitrogen and oxygen atoms in total. The van der Waals surface area contributed by atoms with Crippen molar-refractivity contribution < 1.29 is 4.74 Å². The van der Waals surface area contributed by atoms with Gasteiger partial charge in [0.25, 0.3) is 0 Å². The first-order chi connectivity index (χ1) is 10.9. The van der Waals surface area contributed by atoms with Gasteiger partial charge in [0.15, 0.2) is 0 Å². The van der Waals surface area contributed by atoms with Gasteiger partial charge in [-0.05, 0) is 53.5 Å². The maximum atomic E-state index is 6.03. The highest BCUT2D eigenvalue weighted by molar-refractivity contribution is 9.10. The molecular formula is C17H26BrN3OSi. The van der Waals surface area contributed by atoms with Gasteiger partial charge in [-0.25, -0.2) is 0 Å². The monoisotopic (exact) mass is 395 g/mol. The van der Waals surface area contributed by atoms with E-state index in [0.29, 0.717) is 12.8 Å². The molecule has 0 aromatic carbocycles. The van der Waals surface area contributed by atoms with Crippen LogP contribution in [-0.2, 0) is 11.5 Å². The van der Waals surface area contributed by atoms with E-state index >= 15 is 0 Å². The summed E-state index contributed by atoms with van der Waals surface area (Å²) >= 11 is 3.54. The maximum Gasteiger partial charge on any atom is 0.123 e. The van der Waals surface area contributed by atoms with Crippen molar-refractivity contribution in [2.24, 2.45) is 0 Å². The zero-order valence-electron chi connectivity index (χ0n) is 14.2. The van der Waals surface area contributed by atoms with Crippen molar-refractivity contribution in [2.75, 3.05) is 13.2 Å². The third kappa shape index (κ3) is 4.23. The average Bonchev–Trinajstić information content (AvgIpc) is 3.10. The van der Waals surface area contributed by atoms with E-state index < -0.39 is 8.07 Å². The minimum Gasteiger partial charge on any atom is -0.361 e. The van der Waals surface area contributed by atoms with Gasteiger partial charge in [0.1, 0.15) is 6.73 Å². The van der Waals surface area contributed by atoms with Crippen LogP contribution in [0.2, 0.25) is 25.7 Å². The Morgan fingerprint density at radius 3 is 2.91 bits per heavy atom. The van der Waals surface area contributed by atoms with Crippen molar-refractivity contribution in [3.63, 3.8) is 0 Å². The van der Waals surface area contributed by atoms with E-state index in [0.717, 1.165) is 28.7 Å². The molecule has 126 valence electrons. The van der Waals surface area contributed by atoms with Gasteiger partial charge in [0.2, 0.25) is 0 Å². The van der Waals surface area contributed by atoms with E-state index in [1.165, 1.54) is 24.6 Å². The molecule has 0 bridgehead atoms. The van der Waals surface area contributed by atoms with Gasteiger partial charge in [0.05, 0.1) is 11.0 Å². The summed E-state index contributed by atoms with van der Waals surface area (Å²) in [4.78, 5) is 4.56. The van der Waals surface area contributed by atoms with Crippen molar-refractivity contribution in [2.45, 2.75) is 51.3 Å². The number of ether oxygens (including phenoxy) is 1. The van der Waals surface area contributed by atoms with E-state index in [1.54, 1.807) is 0 Å². The first-order valence-electron chi connectivity index (χ1n) is 8.40. The van der Waals surface area contributed by atoms with Crippen LogP contribution >= 0.6 is 15.9 Å². The normalized spacial score (nSPS) is 18.9. The molecule has 1 fully saturated rings. The Morgan fingerprint density at radius 2 is 2.22 bits per heavy atom. The second-order valence-electron chi connectivity index (χ2n) is 7.55. The second-order valence-corrected chi connectivity index (χ2v) is 14.1. The predicted octanol–water partition coefficient (Wildman–Crippen LogP) is 4.54. The molecule has 2 aromatic heterocycles. The van der Waals surface area contributed by atoms with E-state index in [4.69, 9.17) is 4.74 Å². The SMILES string of the molecule is C[Si](C)(C)CCOCn1c([C@H]2CCCN2)cc2ncc(Br)cc21. The van der Waals surface area contributed by atoms with Crippen LogP contribution in [0.3, 0.4) is 0 Å². The van der Waals surface area contributed by atoms with Crippen molar-refractivity contribution in [1.29, 1.82) is 0 Å². The van der Waals surface area contributed by atoms with Crippen LogP contribution in [0, 0.1) is 0 Å². The fraction of sp³-hybridized carbons (Fsp3) is 0.588. The van der Waals surface area contributed by atoms with Crippen LogP contribution in [0.5, 0.6) is 0 Å². The molecule has 0 unspecified atom stereocenters. The summed E-state index contributed by atoms with van der Waals surface area (Å²) in [6.07, 6.45) is 4.29. The largest absolute Gasteiger partial charge is 0.361 e. The first kappa shape index (κ1) is 17.1. The molecule has 0 spiro atoms. The van der Waals surface area contributed by atoms with Gasteiger partial charge < -0.3 is 14.6 Å². The molecule has 1 aliphatic heterocycles. The van der Waals surface area contributed by atoms with Crippen LogP contribution in [-0.4, -0.2) is 30.8 Å². The first-order valence-corrected chi connectivity index (χ1v) is 12.9. The third-order valence-electron chi connectivity index (χ3n) is 4.39. The van der Waals surface area contributed by atoms with Crippen LogP contribution in [0.25, 0.3) is 11.0 Å². The fourth-order valence-corrected chi connectivity index (χ4v) is 4.10. The maximum absolute atomic E-state index is 6.03. The number of hydrogen-bond acceptors (Lipinski definition) is 3. The predicted molar refractivity (Wildman–Crippen MR) is 102 cm³/mol. The average molecular weight is 396 g/mol. The summed E-state index contributed by atoms with van der Waals surface area (Å²) < 4.78 is 9.33. The topological polar surface area (TPSA) is 39.1 Å². The number of rotatable bonds is 6. The van der Waals surface area contributed by atoms with Crippen molar-refractivity contribution in [3.8, 4) is 0 Å². The molecule has 1 saturated heterocycles. The summed E-state index contributed by atoms with van der Waals surface area (Å²) in [6.45, 7) is 9.71. The molecule has 23 heavy (non-hydrogen) atoms. The highest BCUT2D eigenvalue weighted by Crippen LogP contribution is 2.29. The van der Waals surface area contributed by atoms with Gasteiger partial charge in [-0.2, -0.15) is 0 Å². The Morgan fingerprint density at radius 1 is 1.39 bits per heavy atom. The number of aromatic nitrogens is 2. The second kappa shape index (κ2) is 7.05. The van der Waals surface area contributed by atoms with Crippen LogP contribution in [0.4, 0.5) is 0 Å². The zero-order chi connectivity index (χ0) is 16.4. The minimum absolute atomic E-state index is 0.420. The molecular weight excluding hydrogens is 370 g/mol. The smallest absolute Gasteiger partial charge is 0.123 e. The lowest BCUT2D eigenvalue weighted by Gasteiger charge is -2.18. The van der Waals surface area contributed by atoms with E-state index in [-0.39, 0.29) is 0 Å².